The van der Waals surface area contributed by atoms with Crippen LogP contribution in [0.2, 0.25) is 0 Å². The van der Waals surface area contributed by atoms with Crippen molar-refractivity contribution >= 4 is 11.3 Å². The fraction of sp³-hybridized carbons (Fsp3) is 0.412. The van der Waals surface area contributed by atoms with Crippen molar-refractivity contribution in [3.63, 3.8) is 0 Å². The molecule has 0 saturated carbocycles. The van der Waals surface area contributed by atoms with Gasteiger partial charge in [0.05, 0.1) is 0 Å². The van der Waals surface area contributed by atoms with Gasteiger partial charge in [0.1, 0.15) is 12.4 Å². The van der Waals surface area contributed by atoms with E-state index in [0.29, 0.717) is 12.6 Å². The summed E-state index contributed by atoms with van der Waals surface area (Å²) in [6.45, 7) is 5.02. The van der Waals surface area contributed by atoms with E-state index in [1.54, 1.807) is 0 Å². The van der Waals surface area contributed by atoms with Gasteiger partial charge in [0.25, 0.3) is 0 Å². The lowest BCUT2D eigenvalue weighted by Crippen LogP contribution is -2.16. The molecule has 3 heteroatoms. The molecule has 2 nitrogen and oxygen atoms in total. The first-order valence-electron chi connectivity index (χ1n) is 7.25. The van der Waals surface area contributed by atoms with Crippen molar-refractivity contribution in [2.24, 2.45) is 0 Å². The molecule has 0 bridgehead atoms. The number of hydrogen-bond donors (Lipinski definition) is 1. The van der Waals surface area contributed by atoms with Crippen LogP contribution >= 0.6 is 11.3 Å². The minimum absolute atomic E-state index is 0.348. The van der Waals surface area contributed by atoms with E-state index in [9.17, 15) is 0 Å². The lowest BCUT2D eigenvalue weighted by Gasteiger charge is -2.18. The third-order valence-corrected chi connectivity index (χ3v) is 4.69. The van der Waals surface area contributed by atoms with Gasteiger partial charge in [0.2, 0.25) is 0 Å². The fourth-order valence-electron chi connectivity index (χ4n) is 2.32. The second-order valence-corrected chi connectivity index (χ2v) is 6.05. The predicted molar refractivity (Wildman–Crippen MR) is 86.6 cm³/mol. The van der Waals surface area contributed by atoms with Gasteiger partial charge in [-0.3, -0.25) is 0 Å². The Morgan fingerprint density at radius 3 is 2.50 bits per heavy atom. The summed E-state index contributed by atoms with van der Waals surface area (Å²) in [6, 6.07) is 13.0. The molecular formula is C17H23NOS. The number of ether oxygens (including phenoxy) is 1. The molecule has 1 heterocycles. The molecule has 0 amide bonds. The molecule has 0 aliphatic rings. The molecule has 1 aromatic carbocycles. The van der Waals surface area contributed by atoms with Crippen LogP contribution in [-0.2, 0) is 13.0 Å². The van der Waals surface area contributed by atoms with Crippen LogP contribution in [-0.4, -0.2) is 7.05 Å². The first-order chi connectivity index (χ1) is 9.78. The minimum atomic E-state index is 0.348. The second kappa shape index (κ2) is 7.46. The first-order valence-corrected chi connectivity index (χ1v) is 8.06. The normalized spacial score (nSPS) is 12.3. The zero-order chi connectivity index (χ0) is 14.4. The van der Waals surface area contributed by atoms with E-state index in [1.807, 2.05) is 24.5 Å². The lowest BCUT2D eigenvalue weighted by atomic mass is 10.0. The van der Waals surface area contributed by atoms with E-state index < -0.39 is 0 Å². The Kier molecular flexibility index (Phi) is 5.62. The highest BCUT2D eigenvalue weighted by atomic mass is 32.1. The Hall–Kier alpha value is -1.32. The van der Waals surface area contributed by atoms with E-state index in [1.165, 1.54) is 15.3 Å². The molecule has 0 spiro atoms. The Balaban J connectivity index is 2.09. The van der Waals surface area contributed by atoms with Gasteiger partial charge in [-0.25, -0.2) is 0 Å². The molecule has 1 aromatic heterocycles. The average Bonchev–Trinajstić information content (AvgIpc) is 2.95. The van der Waals surface area contributed by atoms with Crippen LogP contribution in [0.5, 0.6) is 5.75 Å². The number of aryl methyl sites for hydroxylation is 1. The van der Waals surface area contributed by atoms with Crippen LogP contribution in [0.1, 0.15) is 41.6 Å². The number of thiophene rings is 1. The number of benzene rings is 1. The van der Waals surface area contributed by atoms with Gasteiger partial charge in [-0.2, -0.15) is 0 Å². The molecule has 0 radical (unpaired) electrons. The molecule has 2 aromatic rings. The molecule has 0 aliphatic heterocycles. The van der Waals surface area contributed by atoms with Gasteiger partial charge >= 0.3 is 0 Å². The molecule has 1 atom stereocenters. The number of rotatable bonds is 7. The fourth-order valence-corrected chi connectivity index (χ4v) is 3.19. The molecule has 2 rings (SSSR count). The van der Waals surface area contributed by atoms with Crippen molar-refractivity contribution in [2.75, 3.05) is 7.05 Å². The molecule has 20 heavy (non-hydrogen) atoms. The summed E-state index contributed by atoms with van der Waals surface area (Å²) in [5.41, 5.74) is 1.24. The van der Waals surface area contributed by atoms with E-state index in [0.717, 1.165) is 18.6 Å². The number of nitrogens with one attached hydrogen (secondary N) is 1. The monoisotopic (exact) mass is 289 g/mol. The van der Waals surface area contributed by atoms with Gasteiger partial charge < -0.3 is 10.1 Å². The highest BCUT2D eigenvalue weighted by Crippen LogP contribution is 2.28. The van der Waals surface area contributed by atoms with E-state index in [-0.39, 0.29) is 0 Å². The predicted octanol–water partition coefficient (Wildman–Crippen LogP) is 4.56. The summed E-state index contributed by atoms with van der Waals surface area (Å²) in [5.74, 6) is 0.986. The van der Waals surface area contributed by atoms with Gasteiger partial charge in [0, 0.05) is 21.4 Å². The maximum absolute atomic E-state index is 6.04. The summed E-state index contributed by atoms with van der Waals surface area (Å²) < 4.78 is 6.04. The molecule has 108 valence electrons. The quantitative estimate of drug-likeness (QED) is 0.806. The molecule has 0 aliphatic carbocycles. The van der Waals surface area contributed by atoms with Gasteiger partial charge in [0.15, 0.2) is 0 Å². The van der Waals surface area contributed by atoms with Crippen molar-refractivity contribution < 1.29 is 4.74 Å². The van der Waals surface area contributed by atoms with Crippen molar-refractivity contribution in [3.8, 4) is 5.75 Å². The third kappa shape index (κ3) is 3.62. The number of hydrogen-bond acceptors (Lipinski definition) is 3. The van der Waals surface area contributed by atoms with Gasteiger partial charge in [-0.05, 0) is 38.1 Å². The van der Waals surface area contributed by atoms with Crippen molar-refractivity contribution in [3.05, 3.63) is 51.7 Å². The van der Waals surface area contributed by atoms with Crippen LogP contribution < -0.4 is 10.1 Å². The van der Waals surface area contributed by atoms with Gasteiger partial charge in [-0.15, -0.1) is 11.3 Å². The zero-order valence-electron chi connectivity index (χ0n) is 12.5. The minimum Gasteiger partial charge on any atom is -0.488 e. The first kappa shape index (κ1) is 15.1. The number of para-hydroxylation sites is 1. The molecule has 0 saturated heterocycles. The summed E-state index contributed by atoms with van der Waals surface area (Å²) in [5, 5.41) is 3.34. The van der Waals surface area contributed by atoms with Crippen LogP contribution in [0.4, 0.5) is 0 Å². The highest BCUT2D eigenvalue weighted by molar-refractivity contribution is 7.11. The van der Waals surface area contributed by atoms with Crippen LogP contribution in [0.3, 0.4) is 0 Å². The molecule has 1 unspecified atom stereocenters. The van der Waals surface area contributed by atoms with Crippen LogP contribution in [0.15, 0.2) is 36.4 Å². The average molecular weight is 289 g/mol. The Labute approximate surface area is 125 Å². The maximum atomic E-state index is 6.04. The topological polar surface area (TPSA) is 21.3 Å². The van der Waals surface area contributed by atoms with E-state index in [4.69, 9.17) is 4.74 Å². The summed E-state index contributed by atoms with van der Waals surface area (Å²) in [7, 11) is 2.00. The van der Waals surface area contributed by atoms with Gasteiger partial charge in [-0.1, -0.05) is 32.0 Å². The molecular weight excluding hydrogens is 266 g/mol. The zero-order valence-corrected chi connectivity index (χ0v) is 13.3. The van der Waals surface area contributed by atoms with E-state index in [2.05, 4.69) is 49.5 Å². The standard InChI is InChI=1S/C17H23NOS/c1-4-13-10-11-14(20-13)12-19-17-9-7-6-8-15(17)16(5-2)18-3/h6-11,16,18H,4-5,12H2,1-3H3. The summed E-state index contributed by atoms with van der Waals surface area (Å²) >= 11 is 1.84. The lowest BCUT2D eigenvalue weighted by molar-refractivity contribution is 0.302. The smallest absolute Gasteiger partial charge is 0.124 e. The maximum Gasteiger partial charge on any atom is 0.124 e. The van der Waals surface area contributed by atoms with Crippen molar-refractivity contribution in [2.45, 2.75) is 39.3 Å². The SMILES string of the molecule is CCc1ccc(COc2ccccc2C(CC)NC)s1. The third-order valence-electron chi connectivity index (χ3n) is 3.49. The largest absolute Gasteiger partial charge is 0.488 e. The summed E-state index contributed by atoms with van der Waals surface area (Å²) in [4.78, 5) is 2.70. The Morgan fingerprint density at radius 2 is 1.85 bits per heavy atom. The Bertz CT molecular complexity index is 531. The molecule has 1 N–H and O–H groups in total. The van der Waals surface area contributed by atoms with Crippen LogP contribution in [0, 0.1) is 0 Å². The van der Waals surface area contributed by atoms with Crippen molar-refractivity contribution in [1.29, 1.82) is 0 Å². The second-order valence-electron chi connectivity index (χ2n) is 4.80. The van der Waals surface area contributed by atoms with E-state index >= 15 is 0 Å². The highest BCUT2D eigenvalue weighted by Gasteiger charge is 2.12. The molecule has 0 fully saturated rings. The van der Waals surface area contributed by atoms with Crippen molar-refractivity contribution in [1.82, 2.24) is 5.32 Å². The Morgan fingerprint density at radius 1 is 1.10 bits per heavy atom. The van der Waals surface area contributed by atoms with Crippen LogP contribution in [0.25, 0.3) is 0 Å². The summed E-state index contributed by atoms with van der Waals surface area (Å²) in [6.07, 6.45) is 2.15.